The first-order valence-electron chi connectivity index (χ1n) is 10.1. The number of esters is 1. The summed E-state index contributed by atoms with van der Waals surface area (Å²) in [5, 5.41) is 50.2. The molecule has 2 aliphatic carbocycles. The zero-order valence-corrected chi connectivity index (χ0v) is 16.5. The lowest BCUT2D eigenvalue weighted by Crippen LogP contribution is -2.59. The van der Waals surface area contributed by atoms with Crippen LogP contribution in [0.15, 0.2) is 36.5 Å². The van der Waals surface area contributed by atoms with Crippen molar-refractivity contribution < 1.29 is 44.5 Å². The van der Waals surface area contributed by atoms with Crippen LogP contribution in [-0.2, 0) is 19.0 Å². The Morgan fingerprint density at radius 1 is 1.03 bits per heavy atom. The number of hydrogen-bond donors (Lipinski definition) is 5. The van der Waals surface area contributed by atoms with Crippen molar-refractivity contribution in [3.8, 4) is 0 Å². The average molecular weight is 424 g/mol. The van der Waals surface area contributed by atoms with Crippen LogP contribution in [0, 0.1) is 17.8 Å². The average Bonchev–Trinajstić information content (AvgIpc) is 3.15. The van der Waals surface area contributed by atoms with Gasteiger partial charge in [0.25, 0.3) is 0 Å². The molecule has 9 heteroatoms. The van der Waals surface area contributed by atoms with E-state index in [1.807, 2.05) is 0 Å². The van der Waals surface area contributed by atoms with Gasteiger partial charge < -0.3 is 39.7 Å². The molecule has 2 saturated carbocycles. The third-order valence-electron chi connectivity index (χ3n) is 6.92. The molecule has 166 valence electrons. The first-order chi connectivity index (χ1) is 14.1. The molecule has 0 amide bonds. The molecule has 4 aliphatic rings. The van der Waals surface area contributed by atoms with Gasteiger partial charge in [0.2, 0.25) is 0 Å². The van der Waals surface area contributed by atoms with Crippen LogP contribution in [-0.4, -0.2) is 87.1 Å². The topological polar surface area (TPSA) is 146 Å². The van der Waals surface area contributed by atoms with Crippen molar-refractivity contribution in [3.63, 3.8) is 0 Å². The van der Waals surface area contributed by atoms with Crippen LogP contribution in [0.4, 0.5) is 0 Å². The second-order valence-electron chi connectivity index (χ2n) is 8.62. The Hall–Kier alpha value is -1.59. The highest BCUT2D eigenvalue weighted by molar-refractivity contribution is 5.91. The molecule has 0 aromatic heterocycles. The van der Waals surface area contributed by atoms with Crippen molar-refractivity contribution in [1.82, 2.24) is 0 Å². The Labute approximate surface area is 173 Å². The largest absolute Gasteiger partial charge is 0.458 e. The van der Waals surface area contributed by atoms with E-state index in [0.29, 0.717) is 12.0 Å². The van der Waals surface area contributed by atoms with E-state index in [9.17, 15) is 30.3 Å². The lowest BCUT2D eigenvalue weighted by atomic mass is 9.81. The summed E-state index contributed by atoms with van der Waals surface area (Å²) in [5.41, 5.74) is 1.61. The van der Waals surface area contributed by atoms with Crippen LogP contribution in [0.5, 0.6) is 0 Å². The zero-order chi connectivity index (χ0) is 21.9. The summed E-state index contributed by atoms with van der Waals surface area (Å²) < 4.78 is 16.9. The maximum absolute atomic E-state index is 12.1. The highest BCUT2D eigenvalue weighted by atomic mass is 16.7. The van der Waals surface area contributed by atoms with E-state index in [1.165, 1.54) is 0 Å². The molecule has 2 heterocycles. The second kappa shape index (κ2) is 7.83. The third kappa shape index (κ3) is 3.25. The van der Waals surface area contributed by atoms with E-state index in [4.69, 9.17) is 14.2 Å². The van der Waals surface area contributed by atoms with Gasteiger partial charge in [-0.2, -0.15) is 0 Å². The molecular formula is C21H28O9. The van der Waals surface area contributed by atoms with E-state index in [1.54, 1.807) is 0 Å². The van der Waals surface area contributed by atoms with E-state index >= 15 is 0 Å². The Morgan fingerprint density at radius 2 is 1.73 bits per heavy atom. The Balaban J connectivity index is 1.56. The lowest BCUT2D eigenvalue weighted by molar-refractivity contribution is -0.308. The number of hydrogen-bond acceptors (Lipinski definition) is 9. The van der Waals surface area contributed by atoms with Crippen molar-refractivity contribution in [2.45, 2.75) is 61.9 Å². The summed E-state index contributed by atoms with van der Waals surface area (Å²) >= 11 is 0. The van der Waals surface area contributed by atoms with E-state index in [0.717, 1.165) is 5.57 Å². The van der Waals surface area contributed by atoms with Crippen molar-refractivity contribution in [2.24, 2.45) is 17.8 Å². The minimum absolute atomic E-state index is 0.171. The predicted molar refractivity (Wildman–Crippen MR) is 102 cm³/mol. The fraction of sp³-hybridized carbons (Fsp3) is 0.667. The monoisotopic (exact) mass is 424 g/mol. The number of aliphatic hydroxyl groups excluding tert-OH is 5. The van der Waals surface area contributed by atoms with Gasteiger partial charge in [-0.3, -0.25) is 0 Å². The molecule has 4 fully saturated rings. The zero-order valence-electron chi connectivity index (χ0n) is 16.5. The summed E-state index contributed by atoms with van der Waals surface area (Å²) in [6.45, 7) is 11.5. The minimum atomic E-state index is -1.55. The van der Waals surface area contributed by atoms with Crippen molar-refractivity contribution in [3.05, 3.63) is 36.5 Å². The van der Waals surface area contributed by atoms with Gasteiger partial charge in [-0.25, -0.2) is 4.79 Å². The smallest absolute Gasteiger partial charge is 0.334 e. The summed E-state index contributed by atoms with van der Waals surface area (Å²) in [7, 11) is 0. The van der Waals surface area contributed by atoms with E-state index in [-0.39, 0.29) is 23.8 Å². The molecule has 11 atom stereocenters. The molecule has 0 radical (unpaired) electrons. The molecule has 0 aromatic rings. The van der Waals surface area contributed by atoms with Gasteiger partial charge in [0.15, 0.2) is 6.29 Å². The number of fused-ring (bicyclic) bond motifs is 3. The highest BCUT2D eigenvalue weighted by Crippen LogP contribution is 2.53. The Kier molecular flexibility index (Phi) is 5.65. The normalized spacial score (nSPS) is 48.9. The Bertz CT molecular complexity index is 762. The quantitative estimate of drug-likeness (QED) is 0.214. The third-order valence-corrected chi connectivity index (χ3v) is 6.92. The Morgan fingerprint density at radius 3 is 2.40 bits per heavy atom. The number of carbonyl (C=O) groups is 1. The van der Waals surface area contributed by atoms with Crippen molar-refractivity contribution >= 4 is 5.97 Å². The van der Waals surface area contributed by atoms with Crippen LogP contribution >= 0.6 is 0 Å². The summed E-state index contributed by atoms with van der Waals surface area (Å²) in [5.74, 6) is -1.62. The van der Waals surface area contributed by atoms with Crippen LogP contribution in [0.25, 0.3) is 0 Å². The van der Waals surface area contributed by atoms with Crippen LogP contribution in [0.3, 0.4) is 0 Å². The molecule has 0 spiro atoms. The van der Waals surface area contributed by atoms with Gasteiger partial charge in [-0.15, -0.1) is 0 Å². The van der Waals surface area contributed by atoms with Gasteiger partial charge in [-0.1, -0.05) is 25.3 Å². The summed E-state index contributed by atoms with van der Waals surface area (Å²) in [6, 6.07) is 0. The molecule has 2 saturated heterocycles. The van der Waals surface area contributed by atoms with E-state index < -0.39 is 67.5 Å². The second-order valence-corrected chi connectivity index (χ2v) is 8.62. The molecule has 0 bridgehead atoms. The summed E-state index contributed by atoms with van der Waals surface area (Å²) in [4.78, 5) is 12.1. The molecule has 5 N–H and O–H groups in total. The molecule has 4 rings (SSSR count). The predicted octanol–water partition coefficient (Wildman–Crippen LogP) is -1.22. The van der Waals surface area contributed by atoms with E-state index in [2.05, 4.69) is 19.7 Å². The standard InChI is InChI=1S/C21H28O9/c1-7-4-11(23)15-9(3)20(27)30-19(15)14-8(2)12(5-10(7)14)28-21-18(26)17(25)16(24)13(6-22)29-21/h10-19,21-26H,1-6H2/t10-,11+,12-,13+,14?,15+,16+,17-,18+,19-,21+/m0/s1. The van der Waals surface area contributed by atoms with Crippen molar-refractivity contribution in [1.29, 1.82) is 0 Å². The summed E-state index contributed by atoms with van der Waals surface area (Å²) in [6.07, 6.45) is -8.30. The minimum Gasteiger partial charge on any atom is -0.458 e. The van der Waals surface area contributed by atoms with Crippen molar-refractivity contribution in [2.75, 3.05) is 6.61 Å². The maximum Gasteiger partial charge on any atom is 0.334 e. The van der Waals surface area contributed by atoms with Gasteiger partial charge in [0.1, 0.15) is 30.5 Å². The lowest BCUT2D eigenvalue weighted by Gasteiger charge is -2.40. The first kappa shape index (κ1) is 21.6. The fourth-order valence-electron chi connectivity index (χ4n) is 5.25. The fourth-order valence-corrected chi connectivity index (χ4v) is 5.25. The number of rotatable bonds is 3. The van der Waals surface area contributed by atoms with Gasteiger partial charge in [-0.05, 0) is 24.3 Å². The molecule has 2 aliphatic heterocycles. The van der Waals surface area contributed by atoms with Gasteiger partial charge in [0, 0.05) is 11.5 Å². The number of carbonyl (C=O) groups excluding carboxylic acids is 1. The van der Waals surface area contributed by atoms with Crippen LogP contribution in [0.1, 0.15) is 12.8 Å². The van der Waals surface area contributed by atoms with Gasteiger partial charge in [0.05, 0.1) is 24.7 Å². The molecular weight excluding hydrogens is 396 g/mol. The molecule has 1 unspecified atom stereocenters. The van der Waals surface area contributed by atoms with Gasteiger partial charge >= 0.3 is 5.97 Å². The first-order valence-corrected chi connectivity index (χ1v) is 10.1. The SMILES string of the molecule is C=C1C(=O)O[C@H]2C3C(=C)[C@@H](O[C@@H]4O[C@H](CO)[C@@H](O)[C@H](O)[C@H]4O)C[C@H]3C(=C)C[C@@H](O)[C@@H]12. The highest BCUT2D eigenvalue weighted by Gasteiger charge is 2.56. The maximum atomic E-state index is 12.1. The molecule has 0 aromatic carbocycles. The number of aliphatic hydroxyl groups is 5. The number of ether oxygens (including phenoxy) is 3. The molecule has 9 nitrogen and oxygen atoms in total. The van der Waals surface area contributed by atoms with Crippen LogP contribution in [0.2, 0.25) is 0 Å². The van der Waals surface area contributed by atoms with Crippen LogP contribution < -0.4 is 0 Å². The molecule has 30 heavy (non-hydrogen) atoms.